The van der Waals surface area contributed by atoms with Gasteiger partial charge in [-0.3, -0.25) is 9.69 Å². The van der Waals surface area contributed by atoms with Gasteiger partial charge in [0.15, 0.2) is 0 Å². The molecule has 5 heteroatoms. The average molecular weight is 386 g/mol. The van der Waals surface area contributed by atoms with Crippen molar-refractivity contribution in [3.63, 3.8) is 0 Å². The Hall–Kier alpha value is -1.69. The first-order valence-electron chi connectivity index (χ1n) is 9.99. The summed E-state index contributed by atoms with van der Waals surface area (Å²) in [5, 5.41) is 5.32. The number of hydrogen-bond donors (Lipinski definition) is 1. The lowest BCUT2D eigenvalue weighted by molar-refractivity contribution is -0.121. The van der Waals surface area contributed by atoms with Crippen molar-refractivity contribution in [1.29, 1.82) is 0 Å². The molecule has 1 fully saturated rings. The molecule has 1 aliphatic heterocycles. The van der Waals surface area contributed by atoms with E-state index < -0.39 is 0 Å². The summed E-state index contributed by atoms with van der Waals surface area (Å²) in [6, 6.07) is 15.1. The lowest BCUT2D eigenvalue weighted by Gasteiger charge is -2.37. The zero-order chi connectivity index (χ0) is 18.9. The van der Waals surface area contributed by atoms with Gasteiger partial charge in [0.1, 0.15) is 0 Å². The SMILES string of the molecule is CN1CCN(C(CNC(=O)CCCCc2ccccc2)c2cccs2)CC1. The van der Waals surface area contributed by atoms with Crippen molar-refractivity contribution in [1.82, 2.24) is 15.1 Å². The third kappa shape index (κ3) is 6.45. The highest BCUT2D eigenvalue weighted by atomic mass is 32.1. The minimum absolute atomic E-state index is 0.179. The van der Waals surface area contributed by atoms with Crippen LogP contribution in [-0.2, 0) is 11.2 Å². The molecule has 0 spiro atoms. The van der Waals surface area contributed by atoms with Gasteiger partial charge in [-0.25, -0.2) is 0 Å². The van der Waals surface area contributed by atoms with Crippen LogP contribution in [0.15, 0.2) is 47.8 Å². The van der Waals surface area contributed by atoms with Crippen LogP contribution in [0.2, 0.25) is 0 Å². The van der Waals surface area contributed by atoms with Crippen LogP contribution in [-0.4, -0.2) is 55.5 Å². The molecule has 2 aromatic rings. The maximum Gasteiger partial charge on any atom is 0.220 e. The van der Waals surface area contributed by atoms with Crippen molar-refractivity contribution in [3.05, 3.63) is 58.3 Å². The van der Waals surface area contributed by atoms with Gasteiger partial charge in [0.05, 0.1) is 6.04 Å². The third-order valence-electron chi connectivity index (χ3n) is 5.30. The van der Waals surface area contributed by atoms with Crippen LogP contribution in [0, 0.1) is 0 Å². The van der Waals surface area contributed by atoms with Crippen LogP contribution < -0.4 is 5.32 Å². The van der Waals surface area contributed by atoms with Crippen LogP contribution in [0.5, 0.6) is 0 Å². The topological polar surface area (TPSA) is 35.6 Å². The van der Waals surface area contributed by atoms with E-state index in [0.29, 0.717) is 19.0 Å². The molecule has 27 heavy (non-hydrogen) atoms. The second-order valence-corrected chi connectivity index (χ2v) is 8.35. The molecule has 1 saturated heterocycles. The van der Waals surface area contributed by atoms with Gasteiger partial charge in [0, 0.05) is 44.0 Å². The van der Waals surface area contributed by atoms with Crippen LogP contribution in [0.4, 0.5) is 0 Å². The number of amides is 1. The number of aryl methyl sites for hydroxylation is 1. The summed E-state index contributed by atoms with van der Waals surface area (Å²) in [7, 11) is 2.18. The van der Waals surface area contributed by atoms with Gasteiger partial charge in [-0.1, -0.05) is 36.4 Å². The van der Waals surface area contributed by atoms with Crippen LogP contribution in [0.25, 0.3) is 0 Å². The number of piperazine rings is 1. The predicted octanol–water partition coefficient (Wildman–Crippen LogP) is 3.57. The first-order chi connectivity index (χ1) is 13.2. The fourth-order valence-corrected chi connectivity index (χ4v) is 4.44. The summed E-state index contributed by atoms with van der Waals surface area (Å²) in [6.07, 6.45) is 3.67. The van der Waals surface area contributed by atoms with E-state index in [-0.39, 0.29) is 5.91 Å². The normalized spacial score (nSPS) is 16.9. The van der Waals surface area contributed by atoms with E-state index in [2.05, 4.69) is 63.9 Å². The zero-order valence-corrected chi connectivity index (χ0v) is 17.1. The lowest BCUT2D eigenvalue weighted by atomic mass is 10.1. The van der Waals surface area contributed by atoms with Gasteiger partial charge in [-0.2, -0.15) is 0 Å². The molecule has 1 unspecified atom stereocenters. The Morgan fingerprint density at radius 1 is 1.07 bits per heavy atom. The predicted molar refractivity (Wildman–Crippen MR) is 113 cm³/mol. The van der Waals surface area contributed by atoms with Gasteiger partial charge in [0.25, 0.3) is 0 Å². The number of nitrogens with one attached hydrogen (secondary N) is 1. The van der Waals surface area contributed by atoms with E-state index >= 15 is 0 Å². The molecular formula is C22H31N3OS. The van der Waals surface area contributed by atoms with Crippen LogP contribution in [0.1, 0.15) is 35.7 Å². The minimum atomic E-state index is 0.179. The van der Waals surface area contributed by atoms with Crippen molar-refractivity contribution in [2.45, 2.75) is 31.7 Å². The molecule has 1 aromatic carbocycles. The highest BCUT2D eigenvalue weighted by Crippen LogP contribution is 2.25. The van der Waals surface area contributed by atoms with Gasteiger partial charge in [-0.15, -0.1) is 11.3 Å². The molecule has 1 aromatic heterocycles. The highest BCUT2D eigenvalue weighted by molar-refractivity contribution is 7.10. The Bertz CT molecular complexity index is 666. The van der Waals surface area contributed by atoms with Crippen molar-refractivity contribution in [2.24, 2.45) is 0 Å². The van der Waals surface area contributed by atoms with E-state index in [0.717, 1.165) is 45.4 Å². The Balaban J connectivity index is 1.42. The number of benzene rings is 1. The van der Waals surface area contributed by atoms with Gasteiger partial charge >= 0.3 is 0 Å². The Morgan fingerprint density at radius 2 is 1.85 bits per heavy atom. The monoisotopic (exact) mass is 385 g/mol. The minimum Gasteiger partial charge on any atom is -0.354 e. The number of carbonyl (C=O) groups excluding carboxylic acids is 1. The molecule has 146 valence electrons. The second kappa shape index (κ2) is 10.6. The molecule has 3 rings (SSSR count). The zero-order valence-electron chi connectivity index (χ0n) is 16.3. The summed E-state index contributed by atoms with van der Waals surface area (Å²) in [5.74, 6) is 0.179. The van der Waals surface area contributed by atoms with E-state index in [4.69, 9.17) is 0 Å². The standard InChI is InChI=1S/C22H31N3OS/c1-24-13-15-25(16-14-24)20(21-11-7-17-27-21)18-23-22(26)12-6-5-10-19-8-3-2-4-9-19/h2-4,7-9,11,17,20H,5-6,10,12-16,18H2,1H3,(H,23,26). The number of nitrogens with zero attached hydrogens (tertiary/aromatic N) is 2. The number of carbonyl (C=O) groups is 1. The highest BCUT2D eigenvalue weighted by Gasteiger charge is 2.24. The fraction of sp³-hybridized carbons (Fsp3) is 0.500. The Labute approximate surface area is 167 Å². The molecule has 1 atom stereocenters. The summed E-state index contributed by atoms with van der Waals surface area (Å²) >= 11 is 1.79. The molecule has 0 bridgehead atoms. The number of unbranched alkanes of at least 4 members (excludes halogenated alkanes) is 1. The number of thiophene rings is 1. The third-order valence-corrected chi connectivity index (χ3v) is 6.28. The molecule has 0 radical (unpaired) electrons. The van der Waals surface area contributed by atoms with Gasteiger partial charge in [0.2, 0.25) is 5.91 Å². The number of hydrogen-bond acceptors (Lipinski definition) is 4. The molecule has 1 aliphatic rings. The van der Waals surface area contributed by atoms with Crippen molar-refractivity contribution in [2.75, 3.05) is 39.8 Å². The second-order valence-electron chi connectivity index (χ2n) is 7.37. The molecule has 1 amide bonds. The Kier molecular flexibility index (Phi) is 7.87. The summed E-state index contributed by atoms with van der Waals surface area (Å²) in [5.41, 5.74) is 1.35. The van der Waals surface area contributed by atoms with Crippen LogP contribution in [0.3, 0.4) is 0 Å². The quantitative estimate of drug-likeness (QED) is 0.671. The summed E-state index contributed by atoms with van der Waals surface area (Å²) < 4.78 is 0. The molecule has 0 saturated carbocycles. The summed E-state index contributed by atoms with van der Waals surface area (Å²) in [6.45, 7) is 5.02. The Morgan fingerprint density at radius 3 is 2.56 bits per heavy atom. The lowest BCUT2D eigenvalue weighted by Crippen LogP contribution is -2.48. The van der Waals surface area contributed by atoms with E-state index in [1.807, 2.05) is 6.07 Å². The van der Waals surface area contributed by atoms with Crippen LogP contribution >= 0.6 is 11.3 Å². The molecule has 1 N–H and O–H groups in total. The average Bonchev–Trinajstić information content (AvgIpc) is 3.22. The summed E-state index contributed by atoms with van der Waals surface area (Å²) in [4.78, 5) is 18.6. The number of likely N-dealkylation sites (N-methyl/N-ethyl adjacent to an activating group) is 1. The fourth-order valence-electron chi connectivity index (χ4n) is 3.58. The largest absolute Gasteiger partial charge is 0.354 e. The first kappa shape index (κ1) is 20.1. The molecular weight excluding hydrogens is 354 g/mol. The van der Waals surface area contributed by atoms with Gasteiger partial charge < -0.3 is 10.2 Å². The maximum absolute atomic E-state index is 12.3. The molecule has 0 aliphatic carbocycles. The molecule has 4 nitrogen and oxygen atoms in total. The molecule has 2 heterocycles. The van der Waals surface area contributed by atoms with E-state index in [1.54, 1.807) is 11.3 Å². The maximum atomic E-state index is 12.3. The van der Waals surface area contributed by atoms with E-state index in [1.165, 1.54) is 10.4 Å². The van der Waals surface area contributed by atoms with Crippen molar-refractivity contribution < 1.29 is 4.79 Å². The smallest absolute Gasteiger partial charge is 0.220 e. The number of rotatable bonds is 9. The van der Waals surface area contributed by atoms with Crippen molar-refractivity contribution in [3.8, 4) is 0 Å². The van der Waals surface area contributed by atoms with Gasteiger partial charge in [-0.05, 0) is 43.3 Å². The van der Waals surface area contributed by atoms with Crippen molar-refractivity contribution >= 4 is 17.2 Å². The van der Waals surface area contributed by atoms with E-state index in [9.17, 15) is 4.79 Å². The first-order valence-corrected chi connectivity index (χ1v) is 10.9.